The molecule has 6 nitrogen and oxygen atoms in total. The molecule has 0 N–H and O–H groups in total. The molecule has 0 spiro atoms. The Bertz CT molecular complexity index is 755. The molecule has 0 radical (unpaired) electrons. The predicted molar refractivity (Wildman–Crippen MR) is 92.1 cm³/mol. The lowest BCUT2D eigenvalue weighted by atomic mass is 10.2. The van der Waals surface area contributed by atoms with Gasteiger partial charge in [-0.05, 0) is 26.0 Å². The van der Waals surface area contributed by atoms with Gasteiger partial charge in [0.05, 0.1) is 11.4 Å². The van der Waals surface area contributed by atoms with E-state index in [9.17, 15) is 9.59 Å². The van der Waals surface area contributed by atoms with Crippen molar-refractivity contribution in [3.8, 4) is 0 Å². The van der Waals surface area contributed by atoms with Crippen LogP contribution in [0.15, 0.2) is 39.8 Å². The van der Waals surface area contributed by atoms with Crippen molar-refractivity contribution in [2.45, 2.75) is 25.3 Å². The minimum Gasteiger partial charge on any atom is -0.446 e. The van der Waals surface area contributed by atoms with Crippen molar-refractivity contribution in [1.82, 2.24) is 9.88 Å². The number of nitrogens with zero attached hydrogens (tertiary/aromatic N) is 3. The third-order valence-electron chi connectivity index (χ3n) is 3.92. The molecule has 24 heavy (non-hydrogen) atoms. The fourth-order valence-corrected chi connectivity index (χ4v) is 3.55. The Morgan fingerprint density at radius 1 is 1.33 bits per heavy atom. The molecule has 126 valence electrons. The van der Waals surface area contributed by atoms with Crippen LogP contribution in [0.5, 0.6) is 0 Å². The first-order valence-electron chi connectivity index (χ1n) is 7.89. The monoisotopic (exact) mass is 345 g/mol. The van der Waals surface area contributed by atoms with Crippen LogP contribution in [0.2, 0.25) is 0 Å². The normalized spacial score (nSPS) is 13.8. The summed E-state index contributed by atoms with van der Waals surface area (Å²) >= 11 is 1.53. The first-order chi connectivity index (χ1) is 11.6. The van der Waals surface area contributed by atoms with E-state index in [-0.39, 0.29) is 24.1 Å². The van der Waals surface area contributed by atoms with Crippen LogP contribution in [0.3, 0.4) is 0 Å². The number of anilines is 1. The Balaban J connectivity index is 1.80. The fraction of sp³-hybridized carbons (Fsp3) is 0.353. The van der Waals surface area contributed by atoms with Crippen molar-refractivity contribution >= 4 is 29.3 Å². The lowest BCUT2D eigenvalue weighted by Gasteiger charge is -2.27. The van der Waals surface area contributed by atoms with Gasteiger partial charge in [0.1, 0.15) is 12.8 Å². The zero-order valence-corrected chi connectivity index (χ0v) is 14.5. The highest BCUT2D eigenvalue weighted by Crippen LogP contribution is 2.35. The second-order valence-corrected chi connectivity index (χ2v) is 6.36. The molecular weight excluding hydrogens is 326 g/mol. The molecular formula is C17H19N3O3S. The summed E-state index contributed by atoms with van der Waals surface area (Å²) in [5.74, 6) is 0.605. The summed E-state index contributed by atoms with van der Waals surface area (Å²) in [6.07, 6.45) is 1.37. The molecule has 1 aliphatic heterocycles. The molecule has 2 heterocycles. The van der Waals surface area contributed by atoms with E-state index >= 15 is 0 Å². The topological polar surface area (TPSA) is 66.7 Å². The van der Waals surface area contributed by atoms with Gasteiger partial charge in [-0.25, -0.2) is 4.98 Å². The predicted octanol–water partition coefficient (Wildman–Crippen LogP) is 2.80. The molecule has 0 atom stereocenters. The van der Waals surface area contributed by atoms with Gasteiger partial charge in [-0.2, -0.15) is 0 Å². The summed E-state index contributed by atoms with van der Waals surface area (Å²) in [5.41, 5.74) is 1.13. The first kappa shape index (κ1) is 16.6. The number of amides is 2. The van der Waals surface area contributed by atoms with Crippen LogP contribution in [0.4, 0.5) is 5.69 Å². The van der Waals surface area contributed by atoms with E-state index in [1.165, 1.54) is 18.0 Å². The van der Waals surface area contributed by atoms with E-state index in [2.05, 4.69) is 4.98 Å². The van der Waals surface area contributed by atoms with Gasteiger partial charge in [0, 0.05) is 18.0 Å². The summed E-state index contributed by atoms with van der Waals surface area (Å²) in [6.45, 7) is 5.30. The third kappa shape index (κ3) is 3.17. The van der Waals surface area contributed by atoms with E-state index in [4.69, 9.17) is 4.42 Å². The largest absolute Gasteiger partial charge is 0.446 e. The molecule has 0 fully saturated rings. The van der Waals surface area contributed by atoms with E-state index in [1.807, 2.05) is 38.1 Å². The minimum absolute atomic E-state index is 0.00789. The number of hydrogen-bond donors (Lipinski definition) is 0. The van der Waals surface area contributed by atoms with Crippen LogP contribution >= 0.6 is 11.8 Å². The molecule has 1 aliphatic rings. The lowest BCUT2D eigenvalue weighted by Crippen LogP contribution is -2.35. The van der Waals surface area contributed by atoms with Gasteiger partial charge in [-0.1, -0.05) is 12.1 Å². The molecule has 0 saturated carbocycles. The summed E-state index contributed by atoms with van der Waals surface area (Å²) in [4.78, 5) is 33.2. The number of carbonyl (C=O) groups excluding carboxylic acids is 2. The first-order valence-corrected chi connectivity index (χ1v) is 8.88. The highest BCUT2D eigenvalue weighted by molar-refractivity contribution is 8.00. The molecule has 0 unspecified atom stereocenters. The number of oxazole rings is 1. The Morgan fingerprint density at radius 3 is 2.83 bits per heavy atom. The number of thioether (sulfide) groups is 1. The number of rotatable bonds is 5. The smallest absolute Gasteiger partial charge is 0.275 e. The van der Waals surface area contributed by atoms with E-state index in [0.717, 1.165) is 10.6 Å². The average molecular weight is 345 g/mol. The van der Waals surface area contributed by atoms with Gasteiger partial charge in [-0.3, -0.25) is 9.59 Å². The number of aromatic nitrogens is 1. The zero-order chi connectivity index (χ0) is 17.1. The molecule has 1 aromatic carbocycles. The molecule has 1 aromatic heterocycles. The van der Waals surface area contributed by atoms with Crippen LogP contribution in [-0.2, 0) is 11.3 Å². The third-order valence-corrected chi connectivity index (χ3v) is 4.97. The van der Waals surface area contributed by atoms with E-state index in [1.54, 1.807) is 9.80 Å². The Kier molecular flexibility index (Phi) is 4.89. The van der Waals surface area contributed by atoms with Crippen LogP contribution in [0.25, 0.3) is 0 Å². The van der Waals surface area contributed by atoms with Crippen molar-refractivity contribution in [3.63, 3.8) is 0 Å². The highest BCUT2D eigenvalue weighted by atomic mass is 32.2. The summed E-state index contributed by atoms with van der Waals surface area (Å²) in [7, 11) is 0. The Hall–Kier alpha value is -2.28. The van der Waals surface area contributed by atoms with Gasteiger partial charge in [0.2, 0.25) is 11.8 Å². The molecule has 0 saturated heterocycles. The second kappa shape index (κ2) is 7.09. The number of para-hydroxylation sites is 1. The summed E-state index contributed by atoms with van der Waals surface area (Å²) in [5, 5.41) is 0. The molecule has 2 aromatic rings. The quantitative estimate of drug-likeness (QED) is 0.834. The van der Waals surface area contributed by atoms with Crippen molar-refractivity contribution in [2.24, 2.45) is 0 Å². The van der Waals surface area contributed by atoms with Crippen molar-refractivity contribution in [1.29, 1.82) is 0 Å². The number of benzene rings is 1. The summed E-state index contributed by atoms with van der Waals surface area (Å²) < 4.78 is 5.43. The van der Waals surface area contributed by atoms with Gasteiger partial charge in [0.15, 0.2) is 5.69 Å². The van der Waals surface area contributed by atoms with Crippen LogP contribution < -0.4 is 4.90 Å². The highest BCUT2D eigenvalue weighted by Gasteiger charge is 2.26. The Morgan fingerprint density at radius 2 is 2.08 bits per heavy atom. The maximum Gasteiger partial charge on any atom is 0.275 e. The molecule has 2 amide bonds. The van der Waals surface area contributed by atoms with Crippen molar-refractivity contribution < 1.29 is 14.0 Å². The SMILES string of the molecule is CCN(CC)C(=O)c1coc(CN2C(=O)CSc3ccccc32)n1. The number of carbonyl (C=O) groups is 2. The van der Waals surface area contributed by atoms with Crippen molar-refractivity contribution in [2.75, 3.05) is 23.7 Å². The van der Waals surface area contributed by atoms with Crippen molar-refractivity contribution in [3.05, 3.63) is 42.1 Å². The average Bonchev–Trinajstić information content (AvgIpc) is 3.07. The number of hydrogen-bond acceptors (Lipinski definition) is 5. The van der Waals surface area contributed by atoms with E-state index < -0.39 is 0 Å². The van der Waals surface area contributed by atoms with Crippen LogP contribution in [-0.4, -0.2) is 40.5 Å². The molecule has 7 heteroatoms. The Labute approximate surface area is 144 Å². The van der Waals surface area contributed by atoms with Gasteiger partial charge in [-0.15, -0.1) is 11.8 Å². The molecule has 3 rings (SSSR count). The van der Waals surface area contributed by atoms with Gasteiger partial charge >= 0.3 is 0 Å². The molecule has 0 bridgehead atoms. The standard InChI is InChI=1S/C17H19N3O3S/c1-3-19(4-2)17(22)12-10-23-15(18-12)9-20-13-7-5-6-8-14(13)24-11-16(20)21/h5-8,10H,3-4,9,11H2,1-2H3. The maximum absolute atomic E-state index is 12.3. The number of fused-ring (bicyclic) bond motifs is 1. The van der Waals surface area contributed by atoms with Crippen LogP contribution in [0.1, 0.15) is 30.2 Å². The summed E-state index contributed by atoms with van der Waals surface area (Å²) in [6, 6.07) is 7.75. The minimum atomic E-state index is -0.157. The van der Waals surface area contributed by atoms with Gasteiger partial charge in [0.25, 0.3) is 5.91 Å². The van der Waals surface area contributed by atoms with Gasteiger partial charge < -0.3 is 14.2 Å². The zero-order valence-electron chi connectivity index (χ0n) is 13.7. The van der Waals surface area contributed by atoms with E-state index in [0.29, 0.717) is 24.7 Å². The van der Waals surface area contributed by atoms with Crippen LogP contribution in [0, 0.1) is 0 Å². The lowest BCUT2D eigenvalue weighted by molar-refractivity contribution is -0.116. The maximum atomic E-state index is 12.3. The fourth-order valence-electron chi connectivity index (χ4n) is 2.62. The molecule has 0 aliphatic carbocycles. The second-order valence-electron chi connectivity index (χ2n) is 5.34.